The van der Waals surface area contributed by atoms with Gasteiger partial charge in [-0.1, -0.05) is 44.2 Å². The molecule has 0 amide bonds. The SMILES string of the molecule is CC(C)N[C@H](Cc1ccccc1)c1ccco1. The fraction of sp³-hybridized carbons (Fsp3) is 0.333. The van der Waals surface area contributed by atoms with Gasteiger partial charge in [-0.3, -0.25) is 0 Å². The molecule has 2 heteroatoms. The third-order valence-electron chi connectivity index (χ3n) is 2.70. The second-order valence-corrected chi connectivity index (χ2v) is 4.58. The van der Waals surface area contributed by atoms with Crippen LogP contribution in [0.3, 0.4) is 0 Å². The highest BCUT2D eigenvalue weighted by Gasteiger charge is 2.15. The molecule has 0 unspecified atom stereocenters. The Bertz CT molecular complexity index is 419. The molecule has 0 radical (unpaired) electrons. The lowest BCUT2D eigenvalue weighted by Gasteiger charge is -2.19. The second kappa shape index (κ2) is 5.69. The van der Waals surface area contributed by atoms with Crippen LogP contribution in [0.15, 0.2) is 53.1 Å². The molecule has 2 nitrogen and oxygen atoms in total. The van der Waals surface area contributed by atoms with Crippen LogP contribution in [0, 0.1) is 0 Å². The topological polar surface area (TPSA) is 25.2 Å². The fourth-order valence-corrected chi connectivity index (χ4v) is 1.98. The van der Waals surface area contributed by atoms with Crippen molar-refractivity contribution < 1.29 is 4.42 Å². The molecule has 2 rings (SSSR count). The maximum atomic E-state index is 5.51. The Kier molecular flexibility index (Phi) is 3.99. The molecule has 0 aliphatic rings. The van der Waals surface area contributed by atoms with Gasteiger partial charge in [0, 0.05) is 6.04 Å². The quantitative estimate of drug-likeness (QED) is 0.848. The summed E-state index contributed by atoms with van der Waals surface area (Å²) in [7, 11) is 0. The van der Waals surface area contributed by atoms with Gasteiger partial charge in [-0.05, 0) is 24.1 Å². The van der Waals surface area contributed by atoms with E-state index in [4.69, 9.17) is 4.42 Å². The van der Waals surface area contributed by atoms with Gasteiger partial charge >= 0.3 is 0 Å². The van der Waals surface area contributed by atoms with Gasteiger partial charge in [-0.2, -0.15) is 0 Å². The van der Waals surface area contributed by atoms with E-state index in [-0.39, 0.29) is 6.04 Å². The van der Waals surface area contributed by atoms with E-state index in [2.05, 4.69) is 43.4 Å². The van der Waals surface area contributed by atoms with Crippen LogP contribution in [0.1, 0.15) is 31.2 Å². The van der Waals surface area contributed by atoms with Gasteiger partial charge in [0.1, 0.15) is 5.76 Å². The van der Waals surface area contributed by atoms with Crippen molar-refractivity contribution in [3.8, 4) is 0 Å². The van der Waals surface area contributed by atoms with Crippen LogP contribution in [0.2, 0.25) is 0 Å². The van der Waals surface area contributed by atoms with E-state index < -0.39 is 0 Å². The Labute approximate surface area is 103 Å². The largest absolute Gasteiger partial charge is 0.468 e. The Balaban J connectivity index is 2.11. The molecule has 0 fully saturated rings. The van der Waals surface area contributed by atoms with E-state index in [0.717, 1.165) is 12.2 Å². The zero-order valence-electron chi connectivity index (χ0n) is 10.4. The molecular formula is C15H19NO. The summed E-state index contributed by atoms with van der Waals surface area (Å²) in [5, 5.41) is 3.54. The Morgan fingerprint density at radius 1 is 1.06 bits per heavy atom. The number of nitrogens with one attached hydrogen (secondary N) is 1. The van der Waals surface area contributed by atoms with Crippen molar-refractivity contribution in [3.05, 3.63) is 60.1 Å². The number of rotatable bonds is 5. The van der Waals surface area contributed by atoms with Crippen molar-refractivity contribution in [3.63, 3.8) is 0 Å². The molecule has 0 aliphatic heterocycles. The third kappa shape index (κ3) is 3.46. The number of hydrogen-bond acceptors (Lipinski definition) is 2. The van der Waals surface area contributed by atoms with Gasteiger partial charge in [0.25, 0.3) is 0 Å². The summed E-state index contributed by atoms with van der Waals surface area (Å²) in [4.78, 5) is 0. The van der Waals surface area contributed by atoms with E-state index in [9.17, 15) is 0 Å². The van der Waals surface area contributed by atoms with Gasteiger partial charge in [0.15, 0.2) is 0 Å². The summed E-state index contributed by atoms with van der Waals surface area (Å²) in [6.07, 6.45) is 2.68. The van der Waals surface area contributed by atoms with Crippen LogP contribution in [0.5, 0.6) is 0 Å². The molecule has 0 aliphatic carbocycles. The van der Waals surface area contributed by atoms with Gasteiger partial charge in [-0.25, -0.2) is 0 Å². The first-order valence-corrected chi connectivity index (χ1v) is 6.09. The molecule has 1 aromatic heterocycles. The smallest absolute Gasteiger partial charge is 0.121 e. The summed E-state index contributed by atoms with van der Waals surface area (Å²) in [5.74, 6) is 1.00. The molecule has 0 spiro atoms. The normalized spacial score (nSPS) is 12.9. The fourth-order valence-electron chi connectivity index (χ4n) is 1.98. The Morgan fingerprint density at radius 2 is 1.82 bits per heavy atom. The van der Waals surface area contributed by atoms with Gasteiger partial charge in [-0.15, -0.1) is 0 Å². The van der Waals surface area contributed by atoms with Crippen LogP contribution in [0.4, 0.5) is 0 Å². The minimum Gasteiger partial charge on any atom is -0.468 e. The van der Waals surface area contributed by atoms with Crippen LogP contribution in [0.25, 0.3) is 0 Å². The summed E-state index contributed by atoms with van der Waals surface area (Å²) in [6.45, 7) is 4.31. The van der Waals surface area contributed by atoms with Gasteiger partial charge in [0.2, 0.25) is 0 Å². The van der Waals surface area contributed by atoms with E-state index in [1.807, 2.05) is 18.2 Å². The molecule has 90 valence electrons. The van der Waals surface area contributed by atoms with Crippen molar-refractivity contribution in [1.29, 1.82) is 0 Å². The summed E-state index contributed by atoms with van der Waals surface area (Å²) < 4.78 is 5.51. The van der Waals surface area contributed by atoms with E-state index in [0.29, 0.717) is 6.04 Å². The Hall–Kier alpha value is -1.54. The standard InChI is InChI=1S/C15H19NO/c1-12(2)16-14(15-9-6-10-17-15)11-13-7-4-3-5-8-13/h3-10,12,14,16H,11H2,1-2H3/t14-/m1/s1. The first kappa shape index (κ1) is 11.9. The first-order chi connectivity index (χ1) is 8.25. The predicted molar refractivity (Wildman–Crippen MR) is 69.9 cm³/mol. The Morgan fingerprint density at radius 3 is 2.41 bits per heavy atom. The number of hydrogen-bond donors (Lipinski definition) is 1. The molecule has 1 aromatic carbocycles. The van der Waals surface area contributed by atoms with E-state index in [1.54, 1.807) is 6.26 Å². The molecule has 1 N–H and O–H groups in total. The van der Waals surface area contributed by atoms with Crippen molar-refractivity contribution in [2.45, 2.75) is 32.4 Å². The predicted octanol–water partition coefficient (Wildman–Crippen LogP) is 3.56. The zero-order chi connectivity index (χ0) is 12.1. The van der Waals surface area contributed by atoms with Crippen LogP contribution in [-0.2, 0) is 6.42 Å². The molecular weight excluding hydrogens is 210 g/mol. The lowest BCUT2D eigenvalue weighted by molar-refractivity contribution is 0.387. The van der Waals surface area contributed by atoms with Crippen LogP contribution >= 0.6 is 0 Å². The molecule has 1 heterocycles. The average molecular weight is 229 g/mol. The molecule has 2 aromatic rings. The molecule has 17 heavy (non-hydrogen) atoms. The summed E-state index contributed by atoms with van der Waals surface area (Å²) >= 11 is 0. The second-order valence-electron chi connectivity index (χ2n) is 4.58. The van der Waals surface area contributed by atoms with Gasteiger partial charge < -0.3 is 9.73 Å². The first-order valence-electron chi connectivity index (χ1n) is 6.09. The van der Waals surface area contributed by atoms with E-state index >= 15 is 0 Å². The zero-order valence-corrected chi connectivity index (χ0v) is 10.4. The lowest BCUT2D eigenvalue weighted by Crippen LogP contribution is -2.29. The highest BCUT2D eigenvalue weighted by molar-refractivity contribution is 5.18. The minimum absolute atomic E-state index is 0.243. The highest BCUT2D eigenvalue weighted by Crippen LogP contribution is 2.19. The van der Waals surface area contributed by atoms with Crippen molar-refractivity contribution in [1.82, 2.24) is 5.32 Å². The van der Waals surface area contributed by atoms with Gasteiger partial charge in [0.05, 0.1) is 12.3 Å². The number of benzene rings is 1. The minimum atomic E-state index is 0.243. The molecule has 0 bridgehead atoms. The third-order valence-corrected chi connectivity index (χ3v) is 2.70. The van der Waals surface area contributed by atoms with Crippen molar-refractivity contribution in [2.24, 2.45) is 0 Å². The van der Waals surface area contributed by atoms with Crippen molar-refractivity contribution >= 4 is 0 Å². The van der Waals surface area contributed by atoms with Crippen molar-refractivity contribution in [2.75, 3.05) is 0 Å². The van der Waals surface area contributed by atoms with Crippen LogP contribution in [-0.4, -0.2) is 6.04 Å². The molecule has 1 atom stereocenters. The summed E-state index contributed by atoms with van der Waals surface area (Å²) in [6, 6.07) is 15.1. The number of furan rings is 1. The molecule has 0 saturated carbocycles. The highest BCUT2D eigenvalue weighted by atomic mass is 16.3. The lowest BCUT2D eigenvalue weighted by atomic mass is 10.0. The maximum Gasteiger partial charge on any atom is 0.121 e. The average Bonchev–Trinajstić information content (AvgIpc) is 2.82. The molecule has 0 saturated heterocycles. The summed E-state index contributed by atoms with van der Waals surface area (Å²) in [5.41, 5.74) is 1.32. The monoisotopic (exact) mass is 229 g/mol. The maximum absolute atomic E-state index is 5.51. The van der Waals surface area contributed by atoms with E-state index in [1.165, 1.54) is 5.56 Å². The van der Waals surface area contributed by atoms with Crippen LogP contribution < -0.4 is 5.32 Å².